The van der Waals surface area contributed by atoms with Gasteiger partial charge in [0.15, 0.2) is 5.82 Å². The Hall–Kier alpha value is -1.81. The van der Waals surface area contributed by atoms with Crippen LogP contribution in [0.1, 0.15) is 5.56 Å². The monoisotopic (exact) mass is 243 g/mol. The number of rotatable bonds is 3. The van der Waals surface area contributed by atoms with Crippen LogP contribution in [0.25, 0.3) is 0 Å². The van der Waals surface area contributed by atoms with E-state index in [4.69, 9.17) is 4.52 Å². The predicted octanol–water partition coefficient (Wildman–Crippen LogP) is 1.70. The molecule has 1 unspecified atom stereocenters. The van der Waals surface area contributed by atoms with Crippen molar-refractivity contribution >= 4 is 5.82 Å². The lowest BCUT2D eigenvalue weighted by atomic mass is 10.0. The predicted molar refractivity (Wildman–Crippen MR) is 70.7 cm³/mol. The van der Waals surface area contributed by atoms with Gasteiger partial charge in [0.1, 0.15) is 6.26 Å². The average molecular weight is 243 g/mol. The van der Waals surface area contributed by atoms with Gasteiger partial charge in [0.25, 0.3) is 0 Å². The first kappa shape index (κ1) is 11.3. The van der Waals surface area contributed by atoms with E-state index in [0.717, 1.165) is 31.9 Å². The fourth-order valence-electron chi connectivity index (χ4n) is 2.49. The molecule has 0 aliphatic carbocycles. The van der Waals surface area contributed by atoms with Gasteiger partial charge in [-0.05, 0) is 12.0 Å². The molecular formula is C14H17N3O. The lowest BCUT2D eigenvalue weighted by molar-refractivity contribution is 0.407. The number of anilines is 1. The summed E-state index contributed by atoms with van der Waals surface area (Å²) >= 11 is 0. The SMILES string of the molecule is c1ccc(CC2CNCCN2c2ccon2)cc1. The molecule has 1 N–H and O–H groups in total. The molecule has 94 valence electrons. The van der Waals surface area contributed by atoms with Crippen LogP contribution >= 0.6 is 0 Å². The van der Waals surface area contributed by atoms with E-state index in [1.54, 1.807) is 6.26 Å². The van der Waals surface area contributed by atoms with Gasteiger partial charge in [-0.1, -0.05) is 35.5 Å². The highest BCUT2D eigenvalue weighted by atomic mass is 16.5. The summed E-state index contributed by atoms with van der Waals surface area (Å²) in [4.78, 5) is 2.33. The number of hydrogen-bond donors (Lipinski definition) is 1. The van der Waals surface area contributed by atoms with Crippen molar-refractivity contribution < 1.29 is 4.52 Å². The molecule has 1 aromatic heterocycles. The van der Waals surface area contributed by atoms with E-state index in [9.17, 15) is 0 Å². The largest absolute Gasteiger partial charge is 0.363 e. The van der Waals surface area contributed by atoms with Crippen LogP contribution < -0.4 is 10.2 Å². The zero-order valence-corrected chi connectivity index (χ0v) is 10.2. The number of nitrogens with zero attached hydrogens (tertiary/aromatic N) is 2. The molecule has 1 saturated heterocycles. The van der Waals surface area contributed by atoms with E-state index < -0.39 is 0 Å². The molecule has 0 radical (unpaired) electrons. The average Bonchev–Trinajstić information content (AvgIpc) is 2.94. The van der Waals surface area contributed by atoms with Crippen LogP contribution in [0.2, 0.25) is 0 Å². The summed E-state index contributed by atoms with van der Waals surface area (Å²) in [5, 5.41) is 7.50. The molecule has 2 aromatic rings. The molecule has 2 heterocycles. The summed E-state index contributed by atoms with van der Waals surface area (Å²) in [5.41, 5.74) is 1.36. The van der Waals surface area contributed by atoms with E-state index in [0.29, 0.717) is 6.04 Å². The van der Waals surface area contributed by atoms with E-state index in [1.807, 2.05) is 6.07 Å². The van der Waals surface area contributed by atoms with Crippen molar-refractivity contribution in [1.82, 2.24) is 10.5 Å². The Morgan fingerprint density at radius 3 is 2.94 bits per heavy atom. The zero-order chi connectivity index (χ0) is 12.2. The minimum atomic E-state index is 0.436. The smallest absolute Gasteiger partial charge is 0.172 e. The highest BCUT2D eigenvalue weighted by molar-refractivity contribution is 5.39. The van der Waals surface area contributed by atoms with Crippen molar-refractivity contribution in [1.29, 1.82) is 0 Å². The standard InChI is InChI=1S/C14H17N3O/c1-2-4-12(5-3-1)10-13-11-15-7-8-17(13)14-6-9-18-16-14/h1-6,9,13,15H,7-8,10-11H2. The normalized spacial score (nSPS) is 20.0. The Balaban J connectivity index is 1.76. The first-order valence-corrected chi connectivity index (χ1v) is 6.35. The van der Waals surface area contributed by atoms with Crippen LogP contribution in [0.15, 0.2) is 47.2 Å². The highest BCUT2D eigenvalue weighted by Crippen LogP contribution is 2.18. The van der Waals surface area contributed by atoms with Gasteiger partial charge in [-0.15, -0.1) is 0 Å². The van der Waals surface area contributed by atoms with Gasteiger partial charge < -0.3 is 14.7 Å². The first-order chi connectivity index (χ1) is 8.93. The fraction of sp³-hybridized carbons (Fsp3) is 0.357. The van der Waals surface area contributed by atoms with Crippen molar-refractivity contribution in [2.45, 2.75) is 12.5 Å². The van der Waals surface area contributed by atoms with E-state index in [-0.39, 0.29) is 0 Å². The second-order valence-electron chi connectivity index (χ2n) is 4.60. The first-order valence-electron chi connectivity index (χ1n) is 6.35. The van der Waals surface area contributed by atoms with Crippen molar-refractivity contribution in [3.8, 4) is 0 Å². The Morgan fingerprint density at radius 1 is 1.28 bits per heavy atom. The van der Waals surface area contributed by atoms with Crippen LogP contribution in [0.4, 0.5) is 5.82 Å². The summed E-state index contributed by atoms with van der Waals surface area (Å²) < 4.78 is 4.95. The number of hydrogen-bond acceptors (Lipinski definition) is 4. The second-order valence-corrected chi connectivity index (χ2v) is 4.60. The molecule has 1 aromatic carbocycles. The van der Waals surface area contributed by atoms with Gasteiger partial charge >= 0.3 is 0 Å². The molecule has 1 fully saturated rings. The van der Waals surface area contributed by atoms with Crippen molar-refractivity contribution in [3.63, 3.8) is 0 Å². The Kier molecular flexibility index (Phi) is 3.28. The molecule has 18 heavy (non-hydrogen) atoms. The van der Waals surface area contributed by atoms with Crippen molar-refractivity contribution in [2.75, 3.05) is 24.5 Å². The number of piperazine rings is 1. The molecule has 0 bridgehead atoms. The Labute approximate surface area is 107 Å². The zero-order valence-electron chi connectivity index (χ0n) is 10.2. The van der Waals surface area contributed by atoms with Gasteiger partial charge in [-0.25, -0.2) is 0 Å². The number of nitrogens with one attached hydrogen (secondary N) is 1. The van der Waals surface area contributed by atoms with Gasteiger partial charge in [0, 0.05) is 31.7 Å². The second kappa shape index (κ2) is 5.23. The number of aromatic nitrogens is 1. The lowest BCUT2D eigenvalue weighted by Gasteiger charge is -2.36. The molecular weight excluding hydrogens is 226 g/mol. The summed E-state index contributed by atoms with van der Waals surface area (Å²) in [6.07, 6.45) is 2.66. The van der Waals surface area contributed by atoms with Crippen LogP contribution in [-0.4, -0.2) is 30.8 Å². The van der Waals surface area contributed by atoms with Crippen molar-refractivity contribution in [2.24, 2.45) is 0 Å². The third kappa shape index (κ3) is 2.38. The molecule has 1 aliphatic heterocycles. The molecule has 4 heteroatoms. The number of benzene rings is 1. The van der Waals surface area contributed by atoms with Gasteiger partial charge in [0.2, 0.25) is 0 Å². The minimum absolute atomic E-state index is 0.436. The van der Waals surface area contributed by atoms with Crippen LogP contribution in [-0.2, 0) is 6.42 Å². The fourth-order valence-corrected chi connectivity index (χ4v) is 2.49. The quantitative estimate of drug-likeness (QED) is 0.890. The maximum atomic E-state index is 4.95. The van der Waals surface area contributed by atoms with Crippen LogP contribution in [0, 0.1) is 0 Å². The summed E-state index contributed by atoms with van der Waals surface area (Å²) in [6, 6.07) is 13.0. The van der Waals surface area contributed by atoms with Gasteiger partial charge in [0.05, 0.1) is 0 Å². The van der Waals surface area contributed by atoms with Gasteiger partial charge in [-0.2, -0.15) is 0 Å². The summed E-state index contributed by atoms with van der Waals surface area (Å²) in [7, 11) is 0. The van der Waals surface area contributed by atoms with E-state index >= 15 is 0 Å². The lowest BCUT2D eigenvalue weighted by Crippen LogP contribution is -2.52. The maximum Gasteiger partial charge on any atom is 0.172 e. The van der Waals surface area contributed by atoms with Gasteiger partial charge in [-0.3, -0.25) is 0 Å². The van der Waals surface area contributed by atoms with Crippen LogP contribution in [0.5, 0.6) is 0 Å². The summed E-state index contributed by atoms with van der Waals surface area (Å²) in [5.74, 6) is 0.942. The summed E-state index contributed by atoms with van der Waals surface area (Å²) in [6.45, 7) is 2.96. The molecule has 1 atom stereocenters. The molecule has 4 nitrogen and oxygen atoms in total. The molecule has 1 aliphatic rings. The van der Waals surface area contributed by atoms with E-state index in [2.05, 4.69) is 45.7 Å². The van der Waals surface area contributed by atoms with Crippen molar-refractivity contribution in [3.05, 3.63) is 48.2 Å². The maximum absolute atomic E-state index is 4.95. The third-order valence-electron chi connectivity index (χ3n) is 3.38. The molecule has 3 rings (SSSR count). The third-order valence-corrected chi connectivity index (χ3v) is 3.38. The van der Waals surface area contributed by atoms with E-state index in [1.165, 1.54) is 5.56 Å². The molecule has 0 saturated carbocycles. The minimum Gasteiger partial charge on any atom is -0.363 e. The Bertz CT molecular complexity index is 469. The molecule has 0 spiro atoms. The highest BCUT2D eigenvalue weighted by Gasteiger charge is 2.24. The molecule has 0 amide bonds. The van der Waals surface area contributed by atoms with Crippen LogP contribution in [0.3, 0.4) is 0 Å². The Morgan fingerprint density at radius 2 is 2.17 bits per heavy atom. The topological polar surface area (TPSA) is 41.3 Å².